The molecule has 2 rings (SSSR count). The first-order chi connectivity index (χ1) is 11.0. The number of aliphatic carboxylic acids is 1. The van der Waals surface area contributed by atoms with E-state index in [0.29, 0.717) is 11.6 Å². The third-order valence-electron chi connectivity index (χ3n) is 2.83. The number of aromatic nitrogens is 2. The first-order valence-corrected chi connectivity index (χ1v) is 7.68. The van der Waals surface area contributed by atoms with E-state index in [-0.39, 0.29) is 25.2 Å². The van der Waals surface area contributed by atoms with E-state index in [1.54, 1.807) is 6.07 Å². The van der Waals surface area contributed by atoms with E-state index in [9.17, 15) is 9.59 Å². The minimum atomic E-state index is -0.916. The van der Waals surface area contributed by atoms with Crippen LogP contribution in [0, 0.1) is 0 Å². The molecule has 0 bridgehead atoms. The zero-order valence-corrected chi connectivity index (χ0v) is 13.7. The van der Waals surface area contributed by atoms with Crippen LogP contribution >= 0.6 is 15.9 Å². The predicted octanol–water partition coefficient (Wildman–Crippen LogP) is 3.18. The number of rotatable bonds is 7. The van der Waals surface area contributed by atoms with Crippen molar-refractivity contribution < 1.29 is 14.7 Å². The summed E-state index contributed by atoms with van der Waals surface area (Å²) >= 11 is 3.39. The Hall–Kier alpha value is -2.48. The maximum atomic E-state index is 11.7. The minimum absolute atomic E-state index is 0.0348. The smallest absolute Gasteiger partial charge is 0.303 e. The van der Waals surface area contributed by atoms with Gasteiger partial charge in [0.05, 0.1) is 0 Å². The van der Waals surface area contributed by atoms with Gasteiger partial charge in [-0.15, -0.1) is 0 Å². The van der Waals surface area contributed by atoms with Crippen molar-refractivity contribution in [2.24, 2.45) is 0 Å². The summed E-state index contributed by atoms with van der Waals surface area (Å²) in [4.78, 5) is 30.2. The highest BCUT2D eigenvalue weighted by Gasteiger charge is 2.06. The van der Waals surface area contributed by atoms with Crippen molar-refractivity contribution in [3.05, 3.63) is 41.1 Å². The lowest BCUT2D eigenvalue weighted by molar-refractivity contribution is -0.137. The third kappa shape index (κ3) is 6.03. The number of amides is 1. The number of anilines is 3. The van der Waals surface area contributed by atoms with Crippen LogP contribution in [0.1, 0.15) is 19.3 Å². The Morgan fingerprint density at radius 2 is 1.91 bits per heavy atom. The highest BCUT2D eigenvalue weighted by atomic mass is 79.9. The van der Waals surface area contributed by atoms with Gasteiger partial charge in [0.2, 0.25) is 5.91 Å². The summed E-state index contributed by atoms with van der Waals surface area (Å²) in [5.41, 5.74) is 0.844. The standard InChI is InChI=1S/C15H15BrN4O3/c16-10-3-1-4-11(7-10)19-12-8-13(18-9-17-12)20-14(21)5-2-6-15(22)23/h1,3-4,7-9H,2,5-6H2,(H,22,23)(H2,17,18,19,20,21). The molecular formula is C15H15BrN4O3. The Bertz CT molecular complexity index is 709. The average Bonchev–Trinajstić information content (AvgIpc) is 2.47. The van der Waals surface area contributed by atoms with Crippen LogP contribution in [0.25, 0.3) is 0 Å². The molecule has 0 spiro atoms. The molecule has 0 aliphatic rings. The van der Waals surface area contributed by atoms with Gasteiger partial charge in [0.1, 0.15) is 18.0 Å². The molecule has 1 aromatic carbocycles. The van der Waals surface area contributed by atoms with Crippen molar-refractivity contribution in [2.45, 2.75) is 19.3 Å². The molecular weight excluding hydrogens is 364 g/mol. The van der Waals surface area contributed by atoms with E-state index in [1.807, 2.05) is 24.3 Å². The number of hydrogen-bond acceptors (Lipinski definition) is 5. The van der Waals surface area contributed by atoms with Gasteiger partial charge >= 0.3 is 5.97 Å². The molecule has 1 heterocycles. The molecule has 8 heteroatoms. The topological polar surface area (TPSA) is 104 Å². The van der Waals surface area contributed by atoms with Crippen LogP contribution in [0.2, 0.25) is 0 Å². The fraction of sp³-hybridized carbons (Fsp3) is 0.200. The second kappa shape index (κ2) is 8.23. The van der Waals surface area contributed by atoms with Crippen molar-refractivity contribution >= 4 is 45.1 Å². The zero-order chi connectivity index (χ0) is 16.7. The van der Waals surface area contributed by atoms with Gasteiger partial charge in [-0.2, -0.15) is 0 Å². The summed E-state index contributed by atoms with van der Waals surface area (Å²) in [7, 11) is 0. The summed E-state index contributed by atoms with van der Waals surface area (Å²) < 4.78 is 0.934. The Kier molecular flexibility index (Phi) is 6.04. The Balaban J connectivity index is 1.94. The number of carbonyl (C=O) groups is 2. The first-order valence-electron chi connectivity index (χ1n) is 6.89. The van der Waals surface area contributed by atoms with E-state index in [1.165, 1.54) is 6.33 Å². The summed E-state index contributed by atoms with van der Waals surface area (Å²) in [6, 6.07) is 9.19. The predicted molar refractivity (Wildman–Crippen MR) is 89.6 cm³/mol. The number of carboxylic acid groups (broad SMARTS) is 1. The van der Waals surface area contributed by atoms with Crippen LogP contribution < -0.4 is 10.6 Å². The largest absolute Gasteiger partial charge is 0.481 e. The summed E-state index contributed by atoms with van der Waals surface area (Å²) in [6.45, 7) is 0. The number of hydrogen-bond donors (Lipinski definition) is 3. The van der Waals surface area contributed by atoms with E-state index in [2.05, 4.69) is 36.5 Å². The third-order valence-corrected chi connectivity index (χ3v) is 3.32. The molecule has 0 saturated heterocycles. The summed E-state index contributed by atoms with van der Waals surface area (Å²) in [5, 5.41) is 14.3. The van der Waals surface area contributed by atoms with Crippen LogP contribution in [0.3, 0.4) is 0 Å². The minimum Gasteiger partial charge on any atom is -0.481 e. The molecule has 1 amide bonds. The molecule has 3 N–H and O–H groups in total. The highest BCUT2D eigenvalue weighted by Crippen LogP contribution is 2.20. The Morgan fingerprint density at radius 1 is 1.13 bits per heavy atom. The van der Waals surface area contributed by atoms with Gasteiger partial charge in [-0.05, 0) is 24.6 Å². The molecule has 0 radical (unpaired) electrons. The van der Waals surface area contributed by atoms with Crippen LogP contribution in [-0.4, -0.2) is 27.0 Å². The molecule has 0 atom stereocenters. The van der Waals surface area contributed by atoms with Crippen LogP contribution in [0.4, 0.5) is 17.3 Å². The van der Waals surface area contributed by atoms with E-state index in [4.69, 9.17) is 5.11 Å². The first kappa shape index (κ1) is 16.9. The molecule has 7 nitrogen and oxygen atoms in total. The van der Waals surface area contributed by atoms with Crippen molar-refractivity contribution in [3.8, 4) is 0 Å². The quantitative estimate of drug-likeness (QED) is 0.683. The second-order valence-electron chi connectivity index (χ2n) is 4.72. The number of halogens is 1. The summed E-state index contributed by atoms with van der Waals surface area (Å²) in [6.07, 6.45) is 1.72. The van der Waals surface area contributed by atoms with Crippen molar-refractivity contribution in [1.29, 1.82) is 0 Å². The number of carbonyl (C=O) groups excluding carboxylic acids is 1. The van der Waals surface area contributed by atoms with E-state index >= 15 is 0 Å². The molecule has 2 aromatic rings. The van der Waals surface area contributed by atoms with Gasteiger partial charge in [0.15, 0.2) is 0 Å². The van der Waals surface area contributed by atoms with E-state index in [0.717, 1.165) is 10.2 Å². The number of benzene rings is 1. The monoisotopic (exact) mass is 378 g/mol. The molecule has 120 valence electrons. The van der Waals surface area contributed by atoms with Gasteiger partial charge in [-0.1, -0.05) is 22.0 Å². The SMILES string of the molecule is O=C(O)CCCC(=O)Nc1cc(Nc2cccc(Br)c2)ncn1. The molecule has 0 unspecified atom stereocenters. The van der Waals surface area contributed by atoms with E-state index < -0.39 is 5.97 Å². The lowest BCUT2D eigenvalue weighted by Gasteiger charge is -2.08. The van der Waals surface area contributed by atoms with Gasteiger partial charge < -0.3 is 15.7 Å². The number of carboxylic acids is 1. The number of nitrogens with zero attached hydrogens (tertiary/aromatic N) is 2. The molecule has 0 saturated carbocycles. The van der Waals surface area contributed by atoms with Crippen LogP contribution in [-0.2, 0) is 9.59 Å². The number of nitrogens with one attached hydrogen (secondary N) is 2. The fourth-order valence-electron chi connectivity index (χ4n) is 1.81. The van der Waals surface area contributed by atoms with Gasteiger partial charge in [-0.25, -0.2) is 9.97 Å². The van der Waals surface area contributed by atoms with Crippen LogP contribution in [0.15, 0.2) is 41.1 Å². The van der Waals surface area contributed by atoms with Gasteiger partial charge in [-0.3, -0.25) is 9.59 Å². The lowest BCUT2D eigenvalue weighted by Crippen LogP contribution is -2.13. The Morgan fingerprint density at radius 3 is 2.65 bits per heavy atom. The van der Waals surface area contributed by atoms with Gasteiger partial charge in [0, 0.05) is 29.1 Å². The molecule has 23 heavy (non-hydrogen) atoms. The van der Waals surface area contributed by atoms with Crippen molar-refractivity contribution in [3.63, 3.8) is 0 Å². The van der Waals surface area contributed by atoms with Crippen molar-refractivity contribution in [2.75, 3.05) is 10.6 Å². The summed E-state index contributed by atoms with van der Waals surface area (Å²) in [5.74, 6) is -0.296. The molecule has 0 aliphatic heterocycles. The molecule has 0 fully saturated rings. The molecule has 0 aliphatic carbocycles. The zero-order valence-electron chi connectivity index (χ0n) is 12.1. The maximum absolute atomic E-state index is 11.7. The normalized spacial score (nSPS) is 10.1. The Labute approximate surface area is 141 Å². The highest BCUT2D eigenvalue weighted by molar-refractivity contribution is 9.10. The fourth-order valence-corrected chi connectivity index (χ4v) is 2.21. The van der Waals surface area contributed by atoms with Gasteiger partial charge in [0.25, 0.3) is 0 Å². The maximum Gasteiger partial charge on any atom is 0.303 e. The molecule has 1 aromatic heterocycles. The van der Waals surface area contributed by atoms with Crippen LogP contribution in [0.5, 0.6) is 0 Å². The average molecular weight is 379 g/mol. The van der Waals surface area contributed by atoms with Crippen molar-refractivity contribution in [1.82, 2.24) is 9.97 Å². The second-order valence-corrected chi connectivity index (χ2v) is 5.63. The lowest BCUT2D eigenvalue weighted by atomic mass is 10.2.